The number of hydrogen-bond acceptors (Lipinski definition) is 1. The number of nitrogens with one attached hydrogen (secondary N) is 1. The van der Waals surface area contributed by atoms with E-state index in [-0.39, 0.29) is 0 Å². The van der Waals surface area contributed by atoms with Crippen LogP contribution in [0.3, 0.4) is 0 Å². The van der Waals surface area contributed by atoms with Crippen LogP contribution in [0.2, 0.25) is 5.82 Å². The Labute approximate surface area is 110 Å². The minimum atomic E-state index is 0.306. The van der Waals surface area contributed by atoms with Crippen molar-refractivity contribution in [3.05, 3.63) is 12.3 Å². The molecular formula is C15H30BN. The van der Waals surface area contributed by atoms with Gasteiger partial charge in [0.25, 0.3) is 0 Å². The molecule has 17 heavy (non-hydrogen) atoms. The van der Waals surface area contributed by atoms with Gasteiger partial charge in [0, 0.05) is 12.2 Å². The van der Waals surface area contributed by atoms with E-state index in [2.05, 4.69) is 39.6 Å². The summed E-state index contributed by atoms with van der Waals surface area (Å²) in [6, 6.07) is 0. The molecule has 0 aromatic rings. The summed E-state index contributed by atoms with van der Waals surface area (Å²) in [6.45, 7) is 14.0. The van der Waals surface area contributed by atoms with Gasteiger partial charge >= 0.3 is 0 Å². The van der Waals surface area contributed by atoms with E-state index in [0.717, 1.165) is 37.9 Å². The lowest BCUT2D eigenvalue weighted by Gasteiger charge is -2.34. The van der Waals surface area contributed by atoms with Crippen molar-refractivity contribution in [3.8, 4) is 0 Å². The Balaban J connectivity index is 3.78. The van der Waals surface area contributed by atoms with E-state index < -0.39 is 0 Å². The van der Waals surface area contributed by atoms with Crippen LogP contribution in [0.15, 0.2) is 12.3 Å². The van der Waals surface area contributed by atoms with Gasteiger partial charge in [-0.15, -0.1) is 0 Å². The summed E-state index contributed by atoms with van der Waals surface area (Å²) in [6.07, 6.45) is 6.81. The van der Waals surface area contributed by atoms with Crippen LogP contribution in [0.25, 0.3) is 0 Å². The molecule has 0 aliphatic rings. The molecule has 0 saturated heterocycles. The third kappa shape index (κ3) is 6.19. The smallest absolute Gasteiger partial charge is 0.0706 e. The van der Waals surface area contributed by atoms with Crippen molar-refractivity contribution in [3.63, 3.8) is 0 Å². The molecule has 2 heteroatoms. The highest BCUT2D eigenvalue weighted by molar-refractivity contribution is 6.12. The van der Waals surface area contributed by atoms with Gasteiger partial charge in [-0.3, -0.25) is 0 Å². The fourth-order valence-electron chi connectivity index (χ4n) is 2.10. The monoisotopic (exact) mass is 235 g/mol. The van der Waals surface area contributed by atoms with Gasteiger partial charge in [-0.1, -0.05) is 65.8 Å². The van der Waals surface area contributed by atoms with Gasteiger partial charge in [-0.05, 0) is 18.3 Å². The van der Waals surface area contributed by atoms with Crippen molar-refractivity contribution in [2.75, 3.05) is 6.54 Å². The van der Waals surface area contributed by atoms with Gasteiger partial charge in [0.05, 0.1) is 7.85 Å². The zero-order chi connectivity index (χ0) is 13.3. The van der Waals surface area contributed by atoms with Gasteiger partial charge in [0.15, 0.2) is 0 Å². The molecule has 0 amide bonds. The molecule has 0 spiro atoms. The second kappa shape index (κ2) is 8.66. The first-order valence-corrected chi connectivity index (χ1v) is 7.17. The van der Waals surface area contributed by atoms with Crippen molar-refractivity contribution in [2.45, 2.75) is 72.0 Å². The third-order valence-electron chi connectivity index (χ3n) is 4.13. The van der Waals surface area contributed by atoms with Crippen molar-refractivity contribution in [1.82, 2.24) is 5.32 Å². The fraction of sp³-hybridized carbons (Fsp3) is 0.867. The van der Waals surface area contributed by atoms with Crippen molar-refractivity contribution >= 4 is 7.85 Å². The largest absolute Gasteiger partial charge is 0.389 e. The normalized spacial score (nSPS) is 13.4. The lowest BCUT2D eigenvalue weighted by molar-refractivity contribution is 0.264. The summed E-state index contributed by atoms with van der Waals surface area (Å²) >= 11 is 0. The quantitative estimate of drug-likeness (QED) is 0.435. The first kappa shape index (κ1) is 16.6. The van der Waals surface area contributed by atoms with Crippen molar-refractivity contribution in [2.24, 2.45) is 5.41 Å². The van der Waals surface area contributed by atoms with E-state index in [0.29, 0.717) is 11.2 Å². The molecule has 1 unspecified atom stereocenters. The molecule has 1 atom stereocenters. The van der Waals surface area contributed by atoms with Gasteiger partial charge in [-0.2, -0.15) is 0 Å². The van der Waals surface area contributed by atoms with Gasteiger partial charge in [0.1, 0.15) is 0 Å². The van der Waals surface area contributed by atoms with E-state index in [1.165, 1.54) is 12.8 Å². The topological polar surface area (TPSA) is 12.0 Å². The highest BCUT2D eigenvalue weighted by Crippen LogP contribution is 2.39. The molecule has 0 aliphatic heterocycles. The Morgan fingerprint density at radius 3 is 2.35 bits per heavy atom. The van der Waals surface area contributed by atoms with Crippen molar-refractivity contribution in [1.29, 1.82) is 0 Å². The minimum Gasteiger partial charge on any atom is -0.389 e. The van der Waals surface area contributed by atoms with Gasteiger partial charge < -0.3 is 5.32 Å². The molecule has 0 heterocycles. The van der Waals surface area contributed by atoms with E-state index in [1.54, 1.807) is 0 Å². The van der Waals surface area contributed by atoms with Crippen LogP contribution in [-0.4, -0.2) is 14.4 Å². The highest BCUT2D eigenvalue weighted by atomic mass is 14.9. The predicted octanol–water partition coefficient (Wildman–Crippen LogP) is 4.45. The predicted molar refractivity (Wildman–Crippen MR) is 79.5 cm³/mol. The van der Waals surface area contributed by atoms with Crippen LogP contribution in [0, 0.1) is 5.41 Å². The number of allylic oxidation sites excluding steroid dienone is 1. The molecular weight excluding hydrogens is 205 g/mol. The van der Waals surface area contributed by atoms with Crippen LogP contribution in [0.4, 0.5) is 0 Å². The zero-order valence-corrected chi connectivity index (χ0v) is 12.3. The summed E-state index contributed by atoms with van der Waals surface area (Å²) in [5.41, 5.74) is 1.47. The average molecular weight is 235 g/mol. The van der Waals surface area contributed by atoms with E-state index in [1.807, 2.05) is 0 Å². The Morgan fingerprint density at radius 1 is 1.29 bits per heavy atom. The van der Waals surface area contributed by atoms with Gasteiger partial charge in [0.2, 0.25) is 0 Å². The summed E-state index contributed by atoms with van der Waals surface area (Å²) < 4.78 is 0. The maximum Gasteiger partial charge on any atom is 0.0706 e. The fourth-order valence-corrected chi connectivity index (χ4v) is 2.10. The van der Waals surface area contributed by atoms with Crippen molar-refractivity contribution < 1.29 is 0 Å². The molecule has 0 fully saturated rings. The third-order valence-corrected chi connectivity index (χ3v) is 4.13. The summed E-state index contributed by atoms with van der Waals surface area (Å²) in [5.74, 6) is 0.318. The summed E-state index contributed by atoms with van der Waals surface area (Å²) in [5, 5.41) is 3.38. The lowest BCUT2D eigenvalue weighted by Crippen LogP contribution is -2.23. The average Bonchev–Trinajstić information content (AvgIpc) is 2.33. The molecule has 0 saturated carbocycles. The SMILES string of the molecule is [B]C(CCCNC(=C)CCC)C(C)(CC)CC. The second-order valence-electron chi connectivity index (χ2n) is 5.39. The second-order valence-corrected chi connectivity index (χ2v) is 5.39. The molecule has 0 bridgehead atoms. The van der Waals surface area contributed by atoms with E-state index >= 15 is 0 Å². The summed E-state index contributed by atoms with van der Waals surface area (Å²) in [7, 11) is 6.30. The Hall–Kier alpha value is -0.395. The molecule has 0 aromatic heterocycles. The first-order chi connectivity index (χ1) is 8.00. The van der Waals surface area contributed by atoms with Crippen LogP contribution in [0.1, 0.15) is 66.2 Å². The Kier molecular flexibility index (Phi) is 8.46. The molecule has 0 rings (SSSR count). The highest BCUT2D eigenvalue weighted by Gasteiger charge is 2.25. The van der Waals surface area contributed by atoms with Crippen LogP contribution < -0.4 is 5.32 Å². The Morgan fingerprint density at radius 2 is 1.88 bits per heavy atom. The molecule has 0 aromatic carbocycles. The van der Waals surface area contributed by atoms with Crippen LogP contribution in [0.5, 0.6) is 0 Å². The number of hydrogen-bond donors (Lipinski definition) is 1. The maximum absolute atomic E-state index is 6.30. The molecule has 98 valence electrons. The molecule has 1 nitrogen and oxygen atoms in total. The summed E-state index contributed by atoms with van der Waals surface area (Å²) in [4.78, 5) is 0. The van der Waals surface area contributed by atoms with E-state index in [9.17, 15) is 0 Å². The standard InChI is InChI=1S/C15H30BN/c1-6-10-13(4)17-12-9-11-14(16)15(5,7-2)8-3/h14,17H,4,6-12H2,1-3,5H3. The molecule has 0 aliphatic carbocycles. The molecule has 2 radical (unpaired) electrons. The lowest BCUT2D eigenvalue weighted by atomic mass is 9.61. The number of rotatable bonds is 10. The zero-order valence-electron chi connectivity index (χ0n) is 12.3. The van der Waals surface area contributed by atoms with Gasteiger partial charge in [-0.25, -0.2) is 0 Å². The van der Waals surface area contributed by atoms with Crippen LogP contribution >= 0.6 is 0 Å². The first-order valence-electron chi connectivity index (χ1n) is 7.17. The minimum absolute atomic E-state index is 0.306. The Bertz CT molecular complexity index is 209. The van der Waals surface area contributed by atoms with E-state index in [4.69, 9.17) is 7.85 Å². The molecule has 1 N–H and O–H groups in total. The maximum atomic E-state index is 6.30. The van der Waals surface area contributed by atoms with Crippen LogP contribution in [-0.2, 0) is 0 Å².